The molecule has 0 atom stereocenters. The monoisotopic (exact) mass is 277 g/mol. The van der Waals surface area contributed by atoms with Crippen LogP contribution in [0, 0.1) is 0 Å². The van der Waals surface area contributed by atoms with Gasteiger partial charge in [-0.3, -0.25) is 9.48 Å². The highest BCUT2D eigenvalue weighted by atomic mass is 16.6. The van der Waals surface area contributed by atoms with Crippen molar-refractivity contribution in [2.45, 2.75) is 39.5 Å². The molecule has 0 aliphatic heterocycles. The highest BCUT2D eigenvalue weighted by Gasteiger charge is 2.18. The van der Waals surface area contributed by atoms with Crippen molar-refractivity contribution in [1.29, 1.82) is 0 Å². The summed E-state index contributed by atoms with van der Waals surface area (Å²) in [4.78, 5) is 12.2. The van der Waals surface area contributed by atoms with Crippen molar-refractivity contribution in [1.82, 2.24) is 20.1 Å². The molecule has 1 amide bonds. The van der Waals surface area contributed by atoms with Crippen LogP contribution in [0.25, 0.3) is 0 Å². The molecule has 0 unspecified atom stereocenters. The highest BCUT2D eigenvalue weighted by Crippen LogP contribution is 2.16. The van der Waals surface area contributed by atoms with Crippen molar-refractivity contribution in [3.8, 4) is 0 Å². The van der Waals surface area contributed by atoms with E-state index in [1.807, 2.05) is 20.8 Å². The van der Waals surface area contributed by atoms with Gasteiger partial charge in [0.05, 0.1) is 5.69 Å². The van der Waals surface area contributed by atoms with Crippen LogP contribution >= 0.6 is 0 Å². The minimum absolute atomic E-state index is 0.264. The van der Waals surface area contributed by atoms with Crippen molar-refractivity contribution in [3.05, 3.63) is 23.1 Å². The average molecular weight is 277 g/mol. The van der Waals surface area contributed by atoms with E-state index in [2.05, 4.69) is 25.4 Å². The van der Waals surface area contributed by atoms with Gasteiger partial charge in [0.25, 0.3) is 5.91 Å². The first-order chi connectivity index (χ1) is 9.52. The van der Waals surface area contributed by atoms with Crippen LogP contribution in [-0.2, 0) is 13.5 Å². The third-order valence-electron chi connectivity index (χ3n) is 3.00. The van der Waals surface area contributed by atoms with Gasteiger partial charge in [-0.2, -0.15) is 5.10 Å². The molecule has 0 fully saturated rings. The number of carbonyl (C=O) groups is 1. The lowest BCUT2D eigenvalue weighted by molar-refractivity contribution is 0.101. The molecule has 20 heavy (non-hydrogen) atoms. The second kappa shape index (κ2) is 5.85. The Morgan fingerprint density at radius 1 is 1.45 bits per heavy atom. The van der Waals surface area contributed by atoms with Crippen molar-refractivity contribution >= 4 is 11.7 Å². The van der Waals surface area contributed by atoms with Gasteiger partial charge >= 0.3 is 0 Å². The zero-order chi connectivity index (χ0) is 14.7. The number of hydrogen-bond donors (Lipinski definition) is 1. The Morgan fingerprint density at radius 3 is 2.80 bits per heavy atom. The van der Waals surface area contributed by atoms with Crippen LogP contribution in [0.4, 0.5) is 5.82 Å². The van der Waals surface area contributed by atoms with Crippen LogP contribution < -0.4 is 5.32 Å². The smallest absolute Gasteiger partial charge is 0.275 e. The van der Waals surface area contributed by atoms with Crippen LogP contribution in [0.3, 0.4) is 0 Å². The van der Waals surface area contributed by atoms with E-state index < -0.39 is 0 Å². The molecule has 2 heterocycles. The summed E-state index contributed by atoms with van der Waals surface area (Å²) >= 11 is 0. The summed E-state index contributed by atoms with van der Waals surface area (Å²) in [6.45, 7) is 6.09. The number of hydrogen-bond acceptors (Lipinski definition) is 5. The van der Waals surface area contributed by atoms with E-state index in [0.29, 0.717) is 23.6 Å². The van der Waals surface area contributed by atoms with Crippen LogP contribution in [0.15, 0.2) is 10.7 Å². The second-order valence-corrected chi connectivity index (χ2v) is 5.00. The average Bonchev–Trinajstić information content (AvgIpc) is 2.97. The Balaban J connectivity index is 2.17. The van der Waals surface area contributed by atoms with Crippen molar-refractivity contribution < 1.29 is 9.42 Å². The molecule has 0 radical (unpaired) electrons. The summed E-state index contributed by atoms with van der Waals surface area (Å²) in [5.74, 6) is 0.385. The Kier molecular flexibility index (Phi) is 4.16. The zero-order valence-electron chi connectivity index (χ0n) is 12.2. The zero-order valence-corrected chi connectivity index (χ0v) is 12.2. The van der Waals surface area contributed by atoms with E-state index in [0.717, 1.165) is 12.1 Å². The van der Waals surface area contributed by atoms with E-state index in [4.69, 9.17) is 0 Å². The molecular weight excluding hydrogens is 258 g/mol. The first kappa shape index (κ1) is 14.2. The third-order valence-corrected chi connectivity index (χ3v) is 3.00. The highest BCUT2D eigenvalue weighted by molar-refractivity contribution is 6.02. The fraction of sp³-hybridized carbons (Fsp3) is 0.538. The molecule has 0 bridgehead atoms. The number of aromatic nitrogens is 4. The quantitative estimate of drug-likeness (QED) is 0.904. The molecule has 2 rings (SSSR count). The Bertz CT molecular complexity index is 600. The van der Waals surface area contributed by atoms with Gasteiger partial charge in [-0.05, 0) is 23.6 Å². The van der Waals surface area contributed by atoms with Crippen LogP contribution in [0.1, 0.15) is 55.0 Å². The molecule has 0 saturated carbocycles. The Labute approximate surface area is 117 Å². The summed E-state index contributed by atoms with van der Waals surface area (Å²) in [6, 6.07) is 1.78. The van der Waals surface area contributed by atoms with Gasteiger partial charge < -0.3 is 5.32 Å². The van der Waals surface area contributed by atoms with Crippen LogP contribution in [-0.4, -0.2) is 26.0 Å². The van der Waals surface area contributed by atoms with E-state index in [1.54, 1.807) is 17.8 Å². The number of nitrogens with zero attached hydrogens (tertiary/aromatic N) is 4. The SMILES string of the molecule is CCCc1nonc1NC(=O)c1cc(C(C)C)nn1C. The lowest BCUT2D eigenvalue weighted by Gasteiger charge is -2.02. The topological polar surface area (TPSA) is 85.8 Å². The molecule has 2 aromatic rings. The number of aryl methyl sites for hydroxylation is 2. The minimum Gasteiger partial charge on any atom is -0.301 e. The van der Waals surface area contributed by atoms with Gasteiger partial charge in [0, 0.05) is 7.05 Å². The van der Waals surface area contributed by atoms with Crippen molar-refractivity contribution in [3.63, 3.8) is 0 Å². The fourth-order valence-corrected chi connectivity index (χ4v) is 1.86. The summed E-state index contributed by atoms with van der Waals surface area (Å²) < 4.78 is 6.24. The van der Waals surface area contributed by atoms with Gasteiger partial charge in [-0.15, -0.1) is 0 Å². The molecule has 0 spiro atoms. The first-order valence-electron chi connectivity index (χ1n) is 6.69. The largest absolute Gasteiger partial charge is 0.301 e. The van der Waals surface area contributed by atoms with Gasteiger partial charge in [0.2, 0.25) is 5.82 Å². The molecule has 7 nitrogen and oxygen atoms in total. The molecule has 7 heteroatoms. The van der Waals surface area contributed by atoms with Crippen molar-refractivity contribution in [2.75, 3.05) is 5.32 Å². The summed E-state index contributed by atoms with van der Waals surface area (Å²) in [7, 11) is 1.74. The molecular formula is C13H19N5O2. The van der Waals surface area contributed by atoms with Crippen LogP contribution in [0.2, 0.25) is 0 Å². The number of carbonyl (C=O) groups excluding carboxylic acids is 1. The minimum atomic E-state index is -0.264. The standard InChI is InChI=1S/C13H19N5O2/c1-5-6-9-12(17-20-16-9)14-13(19)11-7-10(8(2)3)15-18(11)4/h7-8H,5-6H2,1-4H3,(H,14,17,19). The van der Waals surface area contributed by atoms with E-state index in [-0.39, 0.29) is 11.8 Å². The second-order valence-electron chi connectivity index (χ2n) is 5.00. The number of amides is 1. The normalized spacial score (nSPS) is 11.1. The van der Waals surface area contributed by atoms with Gasteiger partial charge in [-0.25, -0.2) is 4.63 Å². The maximum atomic E-state index is 12.2. The van der Waals surface area contributed by atoms with Crippen molar-refractivity contribution in [2.24, 2.45) is 7.05 Å². The summed E-state index contributed by atoms with van der Waals surface area (Å²) in [5.41, 5.74) is 2.02. The molecule has 108 valence electrons. The maximum absolute atomic E-state index is 12.2. The summed E-state index contributed by atoms with van der Waals surface area (Å²) in [6.07, 6.45) is 1.61. The van der Waals surface area contributed by atoms with E-state index >= 15 is 0 Å². The van der Waals surface area contributed by atoms with E-state index in [1.165, 1.54) is 0 Å². The molecule has 0 aliphatic carbocycles. The van der Waals surface area contributed by atoms with E-state index in [9.17, 15) is 4.79 Å². The lowest BCUT2D eigenvalue weighted by atomic mass is 10.1. The van der Waals surface area contributed by atoms with Gasteiger partial charge in [0.1, 0.15) is 11.4 Å². The Morgan fingerprint density at radius 2 is 2.20 bits per heavy atom. The number of nitrogens with one attached hydrogen (secondary N) is 1. The molecule has 0 aliphatic rings. The first-order valence-corrected chi connectivity index (χ1v) is 6.69. The predicted octanol–water partition coefficient (Wildman–Crippen LogP) is 2.13. The molecule has 2 aromatic heterocycles. The maximum Gasteiger partial charge on any atom is 0.275 e. The summed E-state index contributed by atoms with van der Waals surface area (Å²) in [5, 5.41) is 14.5. The Hall–Kier alpha value is -2.18. The van der Waals surface area contributed by atoms with Crippen LogP contribution in [0.5, 0.6) is 0 Å². The fourth-order valence-electron chi connectivity index (χ4n) is 1.86. The van der Waals surface area contributed by atoms with Gasteiger partial charge in [-0.1, -0.05) is 32.3 Å². The van der Waals surface area contributed by atoms with Gasteiger partial charge in [0.15, 0.2) is 0 Å². The third kappa shape index (κ3) is 2.87. The molecule has 0 saturated heterocycles. The molecule has 0 aromatic carbocycles. The number of anilines is 1. The number of rotatable bonds is 5. The predicted molar refractivity (Wildman–Crippen MR) is 73.5 cm³/mol. The lowest BCUT2D eigenvalue weighted by Crippen LogP contribution is -2.17. The molecule has 1 N–H and O–H groups in total.